The third-order valence-electron chi connectivity index (χ3n) is 5.85. The molecule has 1 aromatic heterocycles. The lowest BCUT2D eigenvalue weighted by Gasteiger charge is -2.15. The average molecular weight is 506 g/mol. The number of carboxylic acids is 1. The lowest BCUT2D eigenvalue weighted by Crippen LogP contribution is -2.22. The number of carbonyl (C=O) groups is 2. The Hall–Kier alpha value is -3.87. The van der Waals surface area contributed by atoms with Gasteiger partial charge in [-0.3, -0.25) is 4.79 Å². The van der Waals surface area contributed by atoms with E-state index >= 15 is 0 Å². The van der Waals surface area contributed by atoms with Crippen molar-refractivity contribution >= 4 is 25.6 Å². The normalized spacial score (nSPS) is 11.1. The third-order valence-corrected chi connectivity index (χ3v) is 7.56. The van der Waals surface area contributed by atoms with Crippen molar-refractivity contribution in [1.29, 1.82) is 5.26 Å². The van der Waals surface area contributed by atoms with E-state index in [2.05, 4.69) is 25.0 Å². The van der Waals surface area contributed by atoms with Crippen LogP contribution in [0.4, 0.5) is 5.69 Å². The van der Waals surface area contributed by atoms with E-state index in [1.54, 1.807) is 48.9 Å². The van der Waals surface area contributed by atoms with Crippen LogP contribution in [0.15, 0.2) is 48.5 Å². The summed E-state index contributed by atoms with van der Waals surface area (Å²) < 4.78 is 12.9. The van der Waals surface area contributed by atoms with Crippen molar-refractivity contribution in [2.75, 3.05) is 18.7 Å². The number of rotatable bonds is 10. The highest BCUT2D eigenvalue weighted by Gasteiger charge is 2.21. The molecule has 0 saturated heterocycles. The molecular weight excluding hydrogens is 474 g/mol. The molecule has 1 amide bonds. The summed E-state index contributed by atoms with van der Waals surface area (Å²) in [4.78, 5) is 24.8. The summed E-state index contributed by atoms with van der Waals surface area (Å²) in [7, 11) is 0.617. The quantitative estimate of drug-likeness (QED) is 0.213. The van der Waals surface area contributed by atoms with Gasteiger partial charge in [-0.1, -0.05) is 19.6 Å². The Morgan fingerprint density at radius 3 is 2.39 bits per heavy atom. The van der Waals surface area contributed by atoms with E-state index in [1.807, 2.05) is 6.07 Å². The molecule has 0 bridgehead atoms. The molecule has 0 radical (unpaired) electrons. The molecule has 3 aromatic rings. The monoisotopic (exact) mass is 505 g/mol. The summed E-state index contributed by atoms with van der Waals surface area (Å²) in [6, 6.07) is 16.1. The molecule has 188 valence electrons. The molecule has 0 aliphatic rings. The molecule has 0 saturated carbocycles. The van der Waals surface area contributed by atoms with Crippen molar-refractivity contribution in [2.24, 2.45) is 7.05 Å². The second-order valence-corrected chi connectivity index (χ2v) is 15.3. The summed E-state index contributed by atoms with van der Waals surface area (Å²) in [6.07, 6.45) is 0. The fraction of sp³-hybridized carbons (Fsp3) is 0.296. The Balaban J connectivity index is 1.71. The van der Waals surface area contributed by atoms with Crippen LogP contribution in [0.3, 0.4) is 0 Å². The maximum atomic E-state index is 13.0. The standard InChI is InChI=1S/C27H31N3O5Si/c1-18-23(15-25(30(18)2)24-14-19(16-28)6-11-22(24)27(32)33)26(31)29-20-7-9-21(10-8-20)35-17-34-12-13-36(3,4)5/h6-11,14-15H,12-13,17H2,1-5H3,(H,29,31)(H,32,33). The van der Waals surface area contributed by atoms with Gasteiger partial charge in [0, 0.05) is 44.4 Å². The molecule has 0 unspecified atom stereocenters. The number of carboxylic acid groups (broad SMARTS) is 1. The van der Waals surface area contributed by atoms with Gasteiger partial charge in [-0.25, -0.2) is 4.79 Å². The maximum absolute atomic E-state index is 13.0. The minimum atomic E-state index is -1.14. The number of amides is 1. The number of ether oxygens (including phenoxy) is 2. The molecule has 9 heteroatoms. The summed E-state index contributed by atoms with van der Waals surface area (Å²) in [5, 5.41) is 21.7. The molecule has 0 fully saturated rings. The van der Waals surface area contributed by atoms with Crippen LogP contribution in [0.1, 0.15) is 32.0 Å². The van der Waals surface area contributed by atoms with Gasteiger partial charge in [-0.05, 0) is 61.5 Å². The molecule has 0 aliphatic heterocycles. The van der Waals surface area contributed by atoms with Crippen LogP contribution in [0, 0.1) is 18.3 Å². The minimum absolute atomic E-state index is 0.0570. The smallest absolute Gasteiger partial charge is 0.336 e. The van der Waals surface area contributed by atoms with Gasteiger partial charge in [-0.2, -0.15) is 5.26 Å². The molecule has 2 N–H and O–H groups in total. The van der Waals surface area contributed by atoms with E-state index < -0.39 is 14.0 Å². The predicted molar refractivity (Wildman–Crippen MR) is 141 cm³/mol. The summed E-state index contributed by atoms with van der Waals surface area (Å²) in [5.74, 6) is -0.799. The Morgan fingerprint density at radius 1 is 1.08 bits per heavy atom. The number of nitrogens with zero attached hydrogens (tertiary/aromatic N) is 2. The zero-order valence-corrected chi connectivity index (χ0v) is 22.2. The first-order valence-corrected chi connectivity index (χ1v) is 15.3. The lowest BCUT2D eigenvalue weighted by molar-refractivity contribution is 0.0220. The molecule has 1 heterocycles. The second-order valence-electron chi connectivity index (χ2n) is 9.72. The molecule has 0 aliphatic carbocycles. The topological polar surface area (TPSA) is 114 Å². The summed E-state index contributed by atoms with van der Waals surface area (Å²) in [5.41, 5.74) is 2.96. The van der Waals surface area contributed by atoms with Crippen LogP contribution in [-0.4, -0.2) is 43.0 Å². The number of nitrogens with one attached hydrogen (secondary N) is 1. The minimum Gasteiger partial charge on any atom is -0.478 e. The van der Waals surface area contributed by atoms with Crippen LogP contribution in [0.5, 0.6) is 5.75 Å². The molecule has 0 spiro atoms. The Kier molecular flexibility index (Phi) is 8.35. The van der Waals surface area contributed by atoms with Gasteiger partial charge in [0.2, 0.25) is 0 Å². The van der Waals surface area contributed by atoms with Crippen LogP contribution in [0.25, 0.3) is 11.3 Å². The highest BCUT2D eigenvalue weighted by atomic mass is 28.3. The first kappa shape index (κ1) is 26.7. The number of aromatic carboxylic acids is 1. The Labute approximate surface area is 212 Å². The number of benzene rings is 2. The van der Waals surface area contributed by atoms with Crippen LogP contribution in [-0.2, 0) is 11.8 Å². The van der Waals surface area contributed by atoms with Crippen LogP contribution in [0.2, 0.25) is 25.7 Å². The van der Waals surface area contributed by atoms with Gasteiger partial charge in [0.15, 0.2) is 6.79 Å². The Bertz CT molecular complexity index is 1300. The van der Waals surface area contributed by atoms with Crippen LogP contribution < -0.4 is 10.1 Å². The van der Waals surface area contributed by atoms with Gasteiger partial charge in [-0.15, -0.1) is 0 Å². The second kappa shape index (κ2) is 11.2. The zero-order chi connectivity index (χ0) is 26.5. The lowest BCUT2D eigenvalue weighted by atomic mass is 10.0. The van der Waals surface area contributed by atoms with Crippen LogP contribution >= 0.6 is 0 Å². The third kappa shape index (κ3) is 6.62. The van der Waals surface area contributed by atoms with Gasteiger partial charge in [0.05, 0.1) is 22.8 Å². The first-order chi connectivity index (χ1) is 17.0. The zero-order valence-electron chi connectivity index (χ0n) is 21.2. The first-order valence-electron chi connectivity index (χ1n) is 11.6. The van der Waals surface area contributed by atoms with E-state index in [1.165, 1.54) is 18.2 Å². The van der Waals surface area contributed by atoms with E-state index in [0.29, 0.717) is 46.1 Å². The van der Waals surface area contributed by atoms with E-state index in [4.69, 9.17) is 9.47 Å². The molecule has 36 heavy (non-hydrogen) atoms. The van der Waals surface area contributed by atoms with Gasteiger partial charge in [0.1, 0.15) is 5.75 Å². The largest absolute Gasteiger partial charge is 0.478 e. The van der Waals surface area contributed by atoms with Gasteiger partial charge in [0.25, 0.3) is 5.91 Å². The predicted octanol–water partition coefficient (Wildman–Crippen LogP) is 5.51. The number of anilines is 1. The fourth-order valence-electron chi connectivity index (χ4n) is 3.58. The van der Waals surface area contributed by atoms with Crippen molar-refractivity contribution in [2.45, 2.75) is 32.6 Å². The van der Waals surface area contributed by atoms with Crippen molar-refractivity contribution in [3.63, 3.8) is 0 Å². The van der Waals surface area contributed by atoms with Crippen molar-refractivity contribution < 1.29 is 24.2 Å². The van der Waals surface area contributed by atoms with Crippen molar-refractivity contribution in [1.82, 2.24) is 4.57 Å². The molecule has 0 atom stereocenters. The van der Waals surface area contributed by atoms with E-state index in [9.17, 15) is 20.0 Å². The fourth-order valence-corrected chi connectivity index (χ4v) is 4.34. The maximum Gasteiger partial charge on any atom is 0.336 e. The number of hydrogen-bond donors (Lipinski definition) is 2. The van der Waals surface area contributed by atoms with E-state index in [-0.39, 0.29) is 18.3 Å². The molecule has 3 rings (SSSR count). The van der Waals surface area contributed by atoms with Gasteiger partial charge < -0.3 is 24.5 Å². The van der Waals surface area contributed by atoms with Crippen molar-refractivity contribution in [3.8, 4) is 23.1 Å². The highest BCUT2D eigenvalue weighted by Crippen LogP contribution is 2.29. The number of nitriles is 1. The Morgan fingerprint density at radius 2 is 1.78 bits per heavy atom. The number of aromatic nitrogens is 1. The van der Waals surface area contributed by atoms with E-state index in [0.717, 1.165) is 6.04 Å². The molecule has 8 nitrogen and oxygen atoms in total. The molecule has 2 aromatic carbocycles. The SMILES string of the molecule is Cc1c(C(=O)Nc2ccc(OCOCC[Si](C)(C)C)cc2)cc(-c2cc(C#N)ccc2C(=O)O)n1C. The molecular formula is C27H31N3O5Si. The van der Waals surface area contributed by atoms with Gasteiger partial charge >= 0.3 is 5.97 Å². The highest BCUT2D eigenvalue weighted by molar-refractivity contribution is 6.76. The van der Waals surface area contributed by atoms with Crippen molar-refractivity contribution in [3.05, 3.63) is 70.9 Å². The summed E-state index contributed by atoms with van der Waals surface area (Å²) in [6.45, 7) is 9.51. The average Bonchev–Trinajstić information content (AvgIpc) is 3.13. The summed E-state index contributed by atoms with van der Waals surface area (Å²) >= 11 is 0. The number of hydrogen-bond acceptors (Lipinski definition) is 5. The number of carbonyl (C=O) groups excluding carboxylic acids is 1.